The van der Waals surface area contributed by atoms with Gasteiger partial charge in [0.1, 0.15) is 0 Å². The molecule has 1 heterocycles. The number of pyridine rings is 1. The molecule has 1 amide bonds. The normalized spacial score (nSPS) is 17.4. The van der Waals surface area contributed by atoms with E-state index in [1.54, 1.807) is 13.0 Å². The lowest BCUT2D eigenvalue weighted by atomic mass is 10.2. The van der Waals surface area contributed by atoms with Crippen molar-refractivity contribution in [3.05, 3.63) is 24.3 Å². The molecular formula is C13H17FN2O2. The highest BCUT2D eigenvalue weighted by Gasteiger charge is 2.22. The first kappa shape index (κ1) is 12.8. The van der Waals surface area contributed by atoms with E-state index in [-0.39, 0.29) is 17.7 Å². The fraction of sp³-hybridized carbons (Fsp3) is 0.538. The number of aromatic nitrogens is 1. The fourth-order valence-corrected chi connectivity index (χ4v) is 2.09. The molecule has 4 nitrogen and oxygen atoms in total. The number of halogens is 1. The molecule has 1 N–H and O–H groups in total. The van der Waals surface area contributed by atoms with E-state index < -0.39 is 12.1 Å². The quantitative estimate of drug-likeness (QED) is 0.834. The minimum Gasteiger partial charge on any atom is -0.476 e. The van der Waals surface area contributed by atoms with E-state index in [2.05, 4.69) is 10.3 Å². The van der Waals surface area contributed by atoms with Gasteiger partial charge in [0.25, 0.3) is 11.9 Å². The van der Waals surface area contributed by atoms with Crippen LogP contribution in [-0.4, -0.2) is 23.0 Å². The molecule has 1 aromatic heterocycles. The zero-order valence-corrected chi connectivity index (χ0v) is 10.4. The van der Waals surface area contributed by atoms with Crippen LogP contribution in [0.2, 0.25) is 0 Å². The largest absolute Gasteiger partial charge is 0.476 e. The number of rotatable bonds is 4. The summed E-state index contributed by atoms with van der Waals surface area (Å²) in [5, 5.41) is 2.91. The zero-order chi connectivity index (χ0) is 13.0. The summed E-state index contributed by atoms with van der Waals surface area (Å²) >= 11 is 0. The molecule has 0 aromatic carbocycles. The smallest absolute Gasteiger partial charge is 0.260 e. The highest BCUT2D eigenvalue weighted by atomic mass is 19.1. The van der Waals surface area contributed by atoms with E-state index >= 15 is 0 Å². The Morgan fingerprint density at radius 3 is 2.94 bits per heavy atom. The summed E-state index contributed by atoms with van der Waals surface area (Å²) < 4.78 is 18.5. The maximum Gasteiger partial charge on any atom is 0.260 e. The van der Waals surface area contributed by atoms with Gasteiger partial charge < -0.3 is 10.1 Å². The molecule has 0 spiro atoms. The summed E-state index contributed by atoms with van der Waals surface area (Å²) in [5.74, 6) is -0.894. The number of nitrogens with one attached hydrogen (secondary N) is 1. The molecule has 0 radical (unpaired) electrons. The Morgan fingerprint density at radius 2 is 2.28 bits per heavy atom. The van der Waals surface area contributed by atoms with Crippen LogP contribution < -0.4 is 10.1 Å². The standard InChI is InChI=1S/C13H17FN2O2/c1-9(13(17)16-10-5-2-3-6-10)18-11-7-4-8-15-12(11)14/h4,7-10H,2-3,5-6H2,1H3,(H,16,17). The summed E-state index contributed by atoms with van der Waals surface area (Å²) in [4.78, 5) is 15.3. The highest BCUT2D eigenvalue weighted by Crippen LogP contribution is 2.18. The van der Waals surface area contributed by atoms with Crippen molar-refractivity contribution in [1.82, 2.24) is 10.3 Å². The van der Waals surface area contributed by atoms with E-state index in [0.29, 0.717) is 0 Å². The third kappa shape index (κ3) is 3.18. The predicted octanol–water partition coefficient (Wildman–Crippen LogP) is 2.05. The molecule has 2 rings (SSSR count). The van der Waals surface area contributed by atoms with Gasteiger partial charge in [0.2, 0.25) is 0 Å². The number of nitrogens with zero attached hydrogens (tertiary/aromatic N) is 1. The Kier molecular flexibility index (Phi) is 4.12. The maximum absolute atomic E-state index is 13.3. The molecule has 0 aliphatic heterocycles. The molecule has 1 unspecified atom stereocenters. The van der Waals surface area contributed by atoms with Gasteiger partial charge in [0.15, 0.2) is 11.9 Å². The maximum atomic E-state index is 13.3. The first-order valence-electron chi connectivity index (χ1n) is 6.24. The fourth-order valence-electron chi connectivity index (χ4n) is 2.09. The molecule has 1 atom stereocenters. The second-order valence-corrected chi connectivity index (χ2v) is 4.54. The summed E-state index contributed by atoms with van der Waals surface area (Å²) in [6, 6.07) is 3.27. The lowest BCUT2D eigenvalue weighted by molar-refractivity contribution is -0.128. The topological polar surface area (TPSA) is 51.2 Å². The molecule has 0 bridgehead atoms. The predicted molar refractivity (Wildman–Crippen MR) is 64.7 cm³/mol. The van der Waals surface area contributed by atoms with Crippen LogP contribution in [0.1, 0.15) is 32.6 Å². The van der Waals surface area contributed by atoms with E-state index in [1.165, 1.54) is 12.3 Å². The number of carbonyl (C=O) groups excluding carboxylic acids is 1. The van der Waals surface area contributed by atoms with Crippen LogP contribution >= 0.6 is 0 Å². The van der Waals surface area contributed by atoms with Crippen molar-refractivity contribution in [2.24, 2.45) is 0 Å². The van der Waals surface area contributed by atoms with Crippen LogP contribution in [0.15, 0.2) is 18.3 Å². The van der Waals surface area contributed by atoms with E-state index in [0.717, 1.165) is 25.7 Å². The van der Waals surface area contributed by atoms with Gasteiger partial charge in [-0.1, -0.05) is 12.8 Å². The van der Waals surface area contributed by atoms with Crippen LogP contribution in [-0.2, 0) is 4.79 Å². The second-order valence-electron chi connectivity index (χ2n) is 4.54. The van der Waals surface area contributed by atoms with Crippen molar-refractivity contribution in [2.75, 3.05) is 0 Å². The van der Waals surface area contributed by atoms with Crippen LogP contribution in [0.4, 0.5) is 4.39 Å². The Bertz CT molecular complexity index is 419. The van der Waals surface area contributed by atoms with Crippen LogP contribution in [0, 0.1) is 5.95 Å². The first-order valence-corrected chi connectivity index (χ1v) is 6.24. The molecule has 18 heavy (non-hydrogen) atoms. The number of carbonyl (C=O) groups is 1. The van der Waals surface area contributed by atoms with E-state index in [9.17, 15) is 9.18 Å². The van der Waals surface area contributed by atoms with Crippen molar-refractivity contribution in [3.63, 3.8) is 0 Å². The Balaban J connectivity index is 1.89. The van der Waals surface area contributed by atoms with Crippen molar-refractivity contribution in [2.45, 2.75) is 44.8 Å². The molecule has 5 heteroatoms. The second kappa shape index (κ2) is 5.80. The molecule has 1 aliphatic rings. The van der Waals surface area contributed by atoms with E-state index in [4.69, 9.17) is 4.74 Å². The highest BCUT2D eigenvalue weighted by molar-refractivity contribution is 5.81. The third-order valence-corrected chi connectivity index (χ3v) is 3.10. The minimum atomic E-state index is -0.718. The SMILES string of the molecule is CC(Oc1cccnc1F)C(=O)NC1CCCC1. The monoisotopic (exact) mass is 252 g/mol. The molecule has 1 saturated carbocycles. The summed E-state index contributed by atoms with van der Waals surface area (Å²) in [6.45, 7) is 1.61. The van der Waals surface area contributed by atoms with Crippen LogP contribution in [0.5, 0.6) is 5.75 Å². The van der Waals surface area contributed by atoms with Crippen molar-refractivity contribution in [1.29, 1.82) is 0 Å². The number of hydrogen-bond donors (Lipinski definition) is 1. The molecule has 0 saturated heterocycles. The summed E-state index contributed by atoms with van der Waals surface area (Å²) in [5.41, 5.74) is 0. The van der Waals surface area contributed by atoms with Gasteiger partial charge in [-0.25, -0.2) is 4.98 Å². The van der Waals surface area contributed by atoms with Crippen LogP contribution in [0.25, 0.3) is 0 Å². The average molecular weight is 252 g/mol. The zero-order valence-electron chi connectivity index (χ0n) is 10.4. The molecule has 1 aromatic rings. The number of amides is 1. The number of ether oxygens (including phenoxy) is 1. The minimum absolute atomic E-state index is 0.00609. The van der Waals surface area contributed by atoms with E-state index in [1.807, 2.05) is 0 Å². The lowest BCUT2D eigenvalue weighted by Crippen LogP contribution is -2.41. The summed E-state index contributed by atoms with van der Waals surface area (Å²) in [6.07, 6.45) is 4.95. The Labute approximate surface area is 106 Å². The Hall–Kier alpha value is -1.65. The van der Waals surface area contributed by atoms with Gasteiger partial charge >= 0.3 is 0 Å². The Morgan fingerprint density at radius 1 is 1.56 bits per heavy atom. The first-order chi connectivity index (χ1) is 8.66. The van der Waals surface area contributed by atoms with Gasteiger partial charge in [-0.3, -0.25) is 4.79 Å². The molecular weight excluding hydrogens is 235 g/mol. The molecule has 1 aliphatic carbocycles. The van der Waals surface area contributed by atoms with Gasteiger partial charge in [-0.15, -0.1) is 0 Å². The number of hydrogen-bond acceptors (Lipinski definition) is 3. The van der Waals surface area contributed by atoms with Crippen molar-refractivity contribution in [3.8, 4) is 5.75 Å². The lowest BCUT2D eigenvalue weighted by Gasteiger charge is -2.17. The van der Waals surface area contributed by atoms with Gasteiger partial charge in [0.05, 0.1) is 0 Å². The molecule has 98 valence electrons. The van der Waals surface area contributed by atoms with Gasteiger partial charge in [-0.2, -0.15) is 4.39 Å². The molecule has 1 fully saturated rings. The van der Waals surface area contributed by atoms with Crippen molar-refractivity contribution >= 4 is 5.91 Å². The van der Waals surface area contributed by atoms with Gasteiger partial charge in [0, 0.05) is 12.2 Å². The van der Waals surface area contributed by atoms with Crippen LogP contribution in [0.3, 0.4) is 0 Å². The van der Waals surface area contributed by atoms with Crippen molar-refractivity contribution < 1.29 is 13.9 Å². The summed E-state index contributed by atoms with van der Waals surface area (Å²) in [7, 11) is 0. The average Bonchev–Trinajstić information content (AvgIpc) is 2.84. The third-order valence-electron chi connectivity index (χ3n) is 3.10. The van der Waals surface area contributed by atoms with Gasteiger partial charge in [-0.05, 0) is 31.9 Å².